The highest BCUT2D eigenvalue weighted by molar-refractivity contribution is 9.10. The summed E-state index contributed by atoms with van der Waals surface area (Å²) in [6.45, 7) is 3.00. The zero-order valence-corrected chi connectivity index (χ0v) is 11.6. The Hall–Kier alpha value is -1.56. The Labute approximate surface area is 113 Å². The number of phenolic OH excluding ortho intramolecular Hbond substituents is 1. The molecule has 6 heteroatoms. The maximum absolute atomic E-state index is 11.8. The number of hydrogen-bond donors (Lipinski definition) is 3. The van der Waals surface area contributed by atoms with Gasteiger partial charge >= 0.3 is 5.97 Å². The van der Waals surface area contributed by atoms with Crippen LogP contribution < -0.4 is 5.32 Å². The van der Waals surface area contributed by atoms with Gasteiger partial charge in [-0.05, 0) is 32.0 Å². The number of carboxylic acids is 1. The summed E-state index contributed by atoms with van der Waals surface area (Å²) in [5.74, 6) is -1.66. The number of carbonyl (C=O) groups is 2. The molecule has 3 N–H and O–H groups in total. The summed E-state index contributed by atoms with van der Waals surface area (Å²) < 4.78 is 0.656. The van der Waals surface area contributed by atoms with Crippen molar-refractivity contribution in [1.29, 1.82) is 0 Å². The first-order chi connectivity index (χ1) is 8.24. The Morgan fingerprint density at radius 2 is 2.00 bits per heavy atom. The lowest BCUT2D eigenvalue weighted by Crippen LogP contribution is -2.38. The number of phenols is 1. The van der Waals surface area contributed by atoms with Crippen LogP contribution in [0.15, 0.2) is 22.7 Å². The van der Waals surface area contributed by atoms with Crippen LogP contribution in [0.25, 0.3) is 0 Å². The average molecular weight is 316 g/mol. The Bertz CT molecular complexity index is 485. The van der Waals surface area contributed by atoms with Crippen LogP contribution in [-0.2, 0) is 4.79 Å². The summed E-state index contributed by atoms with van der Waals surface area (Å²) in [4.78, 5) is 22.7. The molecule has 98 valence electrons. The van der Waals surface area contributed by atoms with Gasteiger partial charge in [-0.3, -0.25) is 9.59 Å². The summed E-state index contributed by atoms with van der Waals surface area (Å²) in [6.07, 6.45) is 0. The lowest BCUT2D eigenvalue weighted by Gasteiger charge is -2.19. The average Bonchev–Trinajstić information content (AvgIpc) is 2.29. The Morgan fingerprint density at radius 3 is 2.56 bits per heavy atom. The molecule has 0 aliphatic rings. The molecule has 0 atom stereocenters. The minimum absolute atomic E-state index is 0.0207. The predicted octanol–water partition coefficient (Wildman–Crippen LogP) is 2.00. The van der Waals surface area contributed by atoms with Gasteiger partial charge in [0.1, 0.15) is 5.75 Å². The molecule has 5 nitrogen and oxygen atoms in total. The molecule has 0 heterocycles. The lowest BCUT2D eigenvalue weighted by atomic mass is 9.94. The summed E-state index contributed by atoms with van der Waals surface area (Å²) in [5.41, 5.74) is -0.956. The highest BCUT2D eigenvalue weighted by Gasteiger charge is 2.28. The Kier molecular flexibility index (Phi) is 4.34. The van der Waals surface area contributed by atoms with Gasteiger partial charge in [-0.25, -0.2) is 0 Å². The molecule has 1 rings (SSSR count). The van der Waals surface area contributed by atoms with Gasteiger partial charge in [-0.1, -0.05) is 15.9 Å². The van der Waals surface area contributed by atoms with Crippen LogP contribution in [0.3, 0.4) is 0 Å². The van der Waals surface area contributed by atoms with Gasteiger partial charge in [0.25, 0.3) is 5.91 Å². The maximum Gasteiger partial charge on any atom is 0.310 e. The fourth-order valence-electron chi connectivity index (χ4n) is 1.16. The highest BCUT2D eigenvalue weighted by Crippen LogP contribution is 2.22. The minimum Gasteiger partial charge on any atom is -0.507 e. The van der Waals surface area contributed by atoms with E-state index in [0.29, 0.717) is 4.47 Å². The van der Waals surface area contributed by atoms with Gasteiger partial charge in [-0.15, -0.1) is 0 Å². The fourth-order valence-corrected chi connectivity index (χ4v) is 1.52. The number of benzene rings is 1. The van der Waals surface area contributed by atoms with E-state index in [1.54, 1.807) is 6.07 Å². The van der Waals surface area contributed by atoms with Crippen LogP contribution in [0, 0.1) is 5.41 Å². The molecule has 0 aromatic heterocycles. The first-order valence-corrected chi connectivity index (χ1v) is 6.03. The van der Waals surface area contributed by atoms with Gasteiger partial charge in [0, 0.05) is 11.0 Å². The second-order valence-corrected chi connectivity index (χ2v) is 5.45. The molecule has 0 radical (unpaired) electrons. The third-order valence-corrected chi connectivity index (χ3v) is 2.97. The molecule has 0 bridgehead atoms. The molecule has 0 fully saturated rings. The summed E-state index contributed by atoms with van der Waals surface area (Å²) >= 11 is 3.19. The first-order valence-electron chi connectivity index (χ1n) is 5.24. The number of carbonyl (C=O) groups excluding carboxylic acids is 1. The zero-order chi connectivity index (χ0) is 13.9. The van der Waals surface area contributed by atoms with Crippen molar-refractivity contribution in [3.05, 3.63) is 28.2 Å². The SMILES string of the molecule is CC(C)(CNC(=O)c1cc(Br)ccc1O)C(=O)O. The number of rotatable bonds is 4. The molecule has 0 unspecified atom stereocenters. The standard InChI is InChI=1S/C12H14BrNO4/c1-12(2,11(17)18)6-14-10(16)8-5-7(13)3-4-9(8)15/h3-5,15H,6H2,1-2H3,(H,14,16)(H,17,18). The Morgan fingerprint density at radius 1 is 1.39 bits per heavy atom. The van der Waals surface area contributed by atoms with Gasteiger partial charge in [-0.2, -0.15) is 0 Å². The molecule has 0 aliphatic carbocycles. The third-order valence-electron chi connectivity index (χ3n) is 2.47. The molecule has 1 aromatic rings. The lowest BCUT2D eigenvalue weighted by molar-refractivity contribution is -0.146. The molecular weight excluding hydrogens is 302 g/mol. The molecule has 0 aliphatic heterocycles. The predicted molar refractivity (Wildman–Crippen MR) is 69.6 cm³/mol. The zero-order valence-electron chi connectivity index (χ0n) is 10.0. The first kappa shape index (κ1) is 14.5. The molecular formula is C12H14BrNO4. The second kappa shape index (κ2) is 5.39. The van der Waals surface area contributed by atoms with E-state index in [9.17, 15) is 14.7 Å². The van der Waals surface area contributed by atoms with E-state index >= 15 is 0 Å². The van der Waals surface area contributed by atoms with E-state index in [2.05, 4.69) is 21.2 Å². The minimum atomic E-state index is -1.06. The molecule has 0 spiro atoms. The molecule has 1 amide bonds. The van der Waals surface area contributed by atoms with Crippen LogP contribution in [0.2, 0.25) is 0 Å². The van der Waals surface area contributed by atoms with Crippen molar-refractivity contribution in [2.45, 2.75) is 13.8 Å². The van der Waals surface area contributed by atoms with E-state index in [1.165, 1.54) is 26.0 Å². The van der Waals surface area contributed by atoms with Gasteiger partial charge in [0.2, 0.25) is 0 Å². The van der Waals surface area contributed by atoms with Crippen LogP contribution >= 0.6 is 15.9 Å². The van der Waals surface area contributed by atoms with Gasteiger partial charge in [0.15, 0.2) is 0 Å². The number of aromatic hydroxyl groups is 1. The van der Waals surface area contributed by atoms with E-state index < -0.39 is 17.3 Å². The summed E-state index contributed by atoms with van der Waals surface area (Å²) in [7, 11) is 0. The van der Waals surface area contributed by atoms with E-state index in [1.807, 2.05) is 0 Å². The topological polar surface area (TPSA) is 86.6 Å². The van der Waals surface area contributed by atoms with Crippen LogP contribution in [0.5, 0.6) is 5.75 Å². The van der Waals surface area contributed by atoms with E-state index in [-0.39, 0.29) is 17.9 Å². The van der Waals surface area contributed by atoms with Gasteiger partial charge < -0.3 is 15.5 Å². The van der Waals surface area contributed by atoms with Crippen molar-refractivity contribution < 1.29 is 19.8 Å². The molecule has 0 saturated heterocycles. The number of amides is 1. The number of nitrogens with one attached hydrogen (secondary N) is 1. The fraction of sp³-hybridized carbons (Fsp3) is 0.333. The molecule has 1 aromatic carbocycles. The number of halogens is 1. The van der Waals surface area contributed by atoms with Crippen molar-refractivity contribution >= 4 is 27.8 Å². The van der Waals surface area contributed by atoms with Crippen molar-refractivity contribution in [2.24, 2.45) is 5.41 Å². The van der Waals surface area contributed by atoms with E-state index in [0.717, 1.165) is 0 Å². The smallest absolute Gasteiger partial charge is 0.310 e. The quantitative estimate of drug-likeness (QED) is 0.793. The van der Waals surface area contributed by atoms with Crippen molar-refractivity contribution in [1.82, 2.24) is 5.32 Å². The largest absolute Gasteiger partial charge is 0.507 e. The maximum atomic E-state index is 11.8. The molecule has 18 heavy (non-hydrogen) atoms. The normalized spacial score (nSPS) is 11.1. The second-order valence-electron chi connectivity index (χ2n) is 4.53. The summed E-state index contributed by atoms with van der Waals surface area (Å²) in [6, 6.07) is 4.47. The Balaban J connectivity index is 2.78. The van der Waals surface area contributed by atoms with Crippen molar-refractivity contribution in [3.63, 3.8) is 0 Å². The highest BCUT2D eigenvalue weighted by atomic mass is 79.9. The third kappa shape index (κ3) is 3.46. The van der Waals surface area contributed by atoms with Crippen molar-refractivity contribution in [3.8, 4) is 5.75 Å². The van der Waals surface area contributed by atoms with Crippen LogP contribution in [-0.4, -0.2) is 28.6 Å². The summed E-state index contributed by atoms with van der Waals surface area (Å²) in [5, 5.41) is 20.9. The van der Waals surface area contributed by atoms with Crippen LogP contribution in [0.4, 0.5) is 0 Å². The van der Waals surface area contributed by atoms with Crippen molar-refractivity contribution in [2.75, 3.05) is 6.54 Å². The number of hydrogen-bond acceptors (Lipinski definition) is 3. The number of carboxylic acid groups (broad SMARTS) is 1. The molecule has 0 saturated carbocycles. The van der Waals surface area contributed by atoms with E-state index in [4.69, 9.17) is 5.11 Å². The monoisotopic (exact) mass is 315 g/mol. The van der Waals surface area contributed by atoms with Crippen LogP contribution in [0.1, 0.15) is 24.2 Å². The van der Waals surface area contributed by atoms with Gasteiger partial charge in [0.05, 0.1) is 11.0 Å². The number of aliphatic carboxylic acids is 1.